The highest BCUT2D eigenvalue weighted by atomic mass is 79.9. The van der Waals surface area contributed by atoms with E-state index in [1.165, 1.54) is 12.1 Å². The summed E-state index contributed by atoms with van der Waals surface area (Å²) in [4.78, 5) is 0. The van der Waals surface area contributed by atoms with Gasteiger partial charge in [-0.1, -0.05) is 40.2 Å². The number of benzene rings is 2. The van der Waals surface area contributed by atoms with Gasteiger partial charge in [-0.25, -0.2) is 0 Å². The normalized spacial score (nSPS) is 11.6. The molecule has 94 valence electrons. The van der Waals surface area contributed by atoms with Crippen LogP contribution in [0.4, 0.5) is 13.2 Å². The van der Waals surface area contributed by atoms with Crippen LogP contribution in [0.1, 0.15) is 16.7 Å². The predicted molar refractivity (Wildman–Crippen MR) is 68.4 cm³/mol. The first-order valence-corrected chi connectivity index (χ1v) is 6.15. The van der Waals surface area contributed by atoms with Crippen LogP contribution in [0, 0.1) is 0 Å². The molecule has 0 bridgehead atoms. The molecule has 0 fully saturated rings. The largest absolute Gasteiger partial charge is 0.416 e. The third kappa shape index (κ3) is 3.35. The van der Waals surface area contributed by atoms with Crippen molar-refractivity contribution in [3.05, 3.63) is 69.7 Å². The molecule has 0 N–H and O–H groups in total. The van der Waals surface area contributed by atoms with Crippen molar-refractivity contribution in [2.75, 3.05) is 0 Å². The lowest BCUT2D eigenvalue weighted by molar-refractivity contribution is -0.137. The second kappa shape index (κ2) is 5.14. The average molecular weight is 315 g/mol. The van der Waals surface area contributed by atoms with Crippen LogP contribution in [0.25, 0.3) is 0 Å². The highest BCUT2D eigenvalue weighted by Crippen LogP contribution is 2.29. The summed E-state index contributed by atoms with van der Waals surface area (Å²) in [6.07, 6.45) is -3.65. The van der Waals surface area contributed by atoms with Gasteiger partial charge in [0, 0.05) is 4.47 Å². The Morgan fingerprint density at radius 3 is 2.11 bits per heavy atom. The third-order valence-corrected chi connectivity index (χ3v) is 3.07. The first-order chi connectivity index (χ1) is 8.45. The molecule has 0 saturated heterocycles. The van der Waals surface area contributed by atoms with E-state index in [9.17, 15) is 13.2 Å². The molecule has 0 aliphatic carbocycles. The Morgan fingerprint density at radius 2 is 1.56 bits per heavy atom. The Kier molecular flexibility index (Phi) is 3.76. The van der Waals surface area contributed by atoms with Crippen LogP contribution in [-0.4, -0.2) is 0 Å². The van der Waals surface area contributed by atoms with E-state index in [0.717, 1.165) is 27.7 Å². The van der Waals surface area contributed by atoms with Gasteiger partial charge < -0.3 is 0 Å². The van der Waals surface area contributed by atoms with Gasteiger partial charge in [0.15, 0.2) is 0 Å². The summed E-state index contributed by atoms with van der Waals surface area (Å²) in [5, 5.41) is 0. The van der Waals surface area contributed by atoms with Gasteiger partial charge in [0.1, 0.15) is 0 Å². The monoisotopic (exact) mass is 314 g/mol. The highest BCUT2D eigenvalue weighted by molar-refractivity contribution is 9.10. The topological polar surface area (TPSA) is 0 Å². The molecule has 0 radical (unpaired) electrons. The van der Waals surface area contributed by atoms with Crippen molar-refractivity contribution < 1.29 is 13.2 Å². The van der Waals surface area contributed by atoms with E-state index in [4.69, 9.17) is 0 Å². The number of hydrogen-bond acceptors (Lipinski definition) is 0. The van der Waals surface area contributed by atoms with Crippen LogP contribution < -0.4 is 0 Å². The van der Waals surface area contributed by atoms with Gasteiger partial charge in [0.05, 0.1) is 5.56 Å². The molecule has 0 atom stereocenters. The Labute approximate surface area is 112 Å². The average Bonchev–Trinajstić information content (AvgIpc) is 2.28. The summed E-state index contributed by atoms with van der Waals surface area (Å²) in [5.41, 5.74) is 1.31. The van der Waals surface area contributed by atoms with Gasteiger partial charge in [0.25, 0.3) is 0 Å². The molecule has 0 saturated carbocycles. The summed E-state index contributed by atoms with van der Waals surface area (Å²) >= 11 is 3.36. The second-order valence-electron chi connectivity index (χ2n) is 4.00. The number of alkyl halides is 3. The Hall–Kier alpha value is -1.29. The Bertz CT molecular complexity index is 529. The number of hydrogen-bond donors (Lipinski definition) is 0. The highest BCUT2D eigenvalue weighted by Gasteiger charge is 2.29. The molecule has 0 aromatic heterocycles. The van der Waals surface area contributed by atoms with Crippen LogP contribution >= 0.6 is 15.9 Å². The van der Waals surface area contributed by atoms with E-state index in [2.05, 4.69) is 15.9 Å². The summed E-state index contributed by atoms with van der Waals surface area (Å²) < 4.78 is 38.1. The molecular formula is C14H10BrF3. The molecule has 0 unspecified atom stereocenters. The smallest absolute Gasteiger partial charge is 0.166 e. The minimum absolute atomic E-state index is 0.611. The summed E-state index contributed by atoms with van der Waals surface area (Å²) in [7, 11) is 0. The van der Waals surface area contributed by atoms with Gasteiger partial charge in [-0.3, -0.25) is 0 Å². The van der Waals surface area contributed by atoms with Crippen molar-refractivity contribution in [2.45, 2.75) is 12.6 Å². The van der Waals surface area contributed by atoms with Crippen molar-refractivity contribution in [1.82, 2.24) is 0 Å². The van der Waals surface area contributed by atoms with E-state index >= 15 is 0 Å². The Morgan fingerprint density at radius 1 is 0.889 bits per heavy atom. The van der Waals surface area contributed by atoms with Gasteiger partial charge in [-0.15, -0.1) is 0 Å². The molecule has 2 aromatic carbocycles. The summed E-state index contributed by atoms with van der Waals surface area (Å²) in [6, 6.07) is 13.0. The van der Waals surface area contributed by atoms with Crippen LogP contribution in [0.5, 0.6) is 0 Å². The number of halogens is 4. The minimum atomic E-state index is -4.27. The molecule has 4 heteroatoms. The van der Waals surface area contributed by atoms with E-state index in [1.807, 2.05) is 24.3 Å². The van der Waals surface area contributed by atoms with Gasteiger partial charge in [-0.2, -0.15) is 13.2 Å². The van der Waals surface area contributed by atoms with Crippen molar-refractivity contribution in [1.29, 1.82) is 0 Å². The first kappa shape index (κ1) is 13.1. The van der Waals surface area contributed by atoms with E-state index in [-0.39, 0.29) is 0 Å². The third-order valence-electron chi connectivity index (χ3n) is 2.58. The standard InChI is InChI=1S/C14H10BrF3/c15-13-3-1-2-11(9-13)8-10-4-6-12(7-5-10)14(16,17)18/h1-7,9H,8H2. The summed E-state index contributed by atoms with van der Waals surface area (Å²) in [5.74, 6) is 0. The zero-order chi connectivity index (χ0) is 13.2. The molecule has 0 nitrogen and oxygen atoms in total. The molecule has 18 heavy (non-hydrogen) atoms. The predicted octanol–water partition coefficient (Wildman–Crippen LogP) is 5.06. The Balaban J connectivity index is 2.16. The van der Waals surface area contributed by atoms with Crippen molar-refractivity contribution in [3.8, 4) is 0 Å². The quantitative estimate of drug-likeness (QED) is 0.727. The molecule has 0 aliphatic heterocycles. The van der Waals surface area contributed by atoms with Crippen molar-refractivity contribution >= 4 is 15.9 Å². The molecular weight excluding hydrogens is 305 g/mol. The second-order valence-corrected chi connectivity index (χ2v) is 4.92. The first-order valence-electron chi connectivity index (χ1n) is 5.36. The van der Waals surface area contributed by atoms with E-state index < -0.39 is 11.7 Å². The van der Waals surface area contributed by atoms with Crippen LogP contribution in [0.15, 0.2) is 53.0 Å². The SMILES string of the molecule is FC(F)(F)c1ccc(Cc2cccc(Br)c2)cc1. The summed E-state index contributed by atoms with van der Waals surface area (Å²) in [6.45, 7) is 0. The molecule has 2 aromatic rings. The fourth-order valence-corrected chi connectivity index (χ4v) is 2.14. The van der Waals surface area contributed by atoms with Gasteiger partial charge in [0.2, 0.25) is 0 Å². The van der Waals surface area contributed by atoms with E-state index in [1.54, 1.807) is 0 Å². The lowest BCUT2D eigenvalue weighted by atomic mass is 10.0. The molecule has 0 heterocycles. The van der Waals surface area contributed by atoms with E-state index in [0.29, 0.717) is 6.42 Å². The zero-order valence-electron chi connectivity index (χ0n) is 9.34. The minimum Gasteiger partial charge on any atom is -0.166 e. The maximum Gasteiger partial charge on any atom is 0.416 e. The zero-order valence-corrected chi connectivity index (χ0v) is 10.9. The van der Waals surface area contributed by atoms with Gasteiger partial charge >= 0.3 is 6.18 Å². The fraction of sp³-hybridized carbons (Fsp3) is 0.143. The lowest BCUT2D eigenvalue weighted by Crippen LogP contribution is -2.04. The van der Waals surface area contributed by atoms with Gasteiger partial charge in [-0.05, 0) is 41.8 Å². The molecule has 0 aliphatic rings. The number of rotatable bonds is 2. The fourth-order valence-electron chi connectivity index (χ4n) is 1.69. The maximum atomic E-state index is 12.4. The maximum absolute atomic E-state index is 12.4. The molecule has 2 rings (SSSR count). The molecule has 0 spiro atoms. The van der Waals surface area contributed by atoms with Crippen LogP contribution in [0.2, 0.25) is 0 Å². The van der Waals surface area contributed by atoms with Crippen LogP contribution in [0.3, 0.4) is 0 Å². The van der Waals surface area contributed by atoms with Crippen molar-refractivity contribution in [2.24, 2.45) is 0 Å². The lowest BCUT2D eigenvalue weighted by Gasteiger charge is -2.07. The van der Waals surface area contributed by atoms with Crippen LogP contribution in [-0.2, 0) is 12.6 Å². The van der Waals surface area contributed by atoms with Crippen molar-refractivity contribution in [3.63, 3.8) is 0 Å². The molecule has 0 amide bonds.